The summed E-state index contributed by atoms with van der Waals surface area (Å²) in [5.41, 5.74) is 2.61. The lowest BCUT2D eigenvalue weighted by Crippen LogP contribution is -1.99. The summed E-state index contributed by atoms with van der Waals surface area (Å²) in [5, 5.41) is 2.98. The van der Waals surface area contributed by atoms with E-state index in [-0.39, 0.29) is 0 Å². The van der Waals surface area contributed by atoms with Crippen LogP contribution in [-0.2, 0) is 4.74 Å². The van der Waals surface area contributed by atoms with Crippen molar-refractivity contribution >= 4 is 16.8 Å². The van der Waals surface area contributed by atoms with E-state index in [2.05, 4.69) is 15.3 Å². The van der Waals surface area contributed by atoms with Gasteiger partial charge in [0.25, 0.3) is 0 Å². The van der Waals surface area contributed by atoms with E-state index in [1.165, 1.54) is 0 Å². The van der Waals surface area contributed by atoms with Crippen LogP contribution in [0.3, 0.4) is 0 Å². The van der Waals surface area contributed by atoms with E-state index in [9.17, 15) is 0 Å². The van der Waals surface area contributed by atoms with Crippen LogP contribution in [0.5, 0.6) is 0 Å². The molecule has 0 amide bonds. The van der Waals surface area contributed by atoms with Gasteiger partial charge >= 0.3 is 0 Å². The minimum atomic E-state index is 0.516. The maximum absolute atomic E-state index is 5.35. The number of fused-ring (bicyclic) bond motifs is 1. The Morgan fingerprint density at radius 3 is 3.07 bits per heavy atom. The molecule has 3 rings (SSSR count). The number of ether oxygens (including phenoxy) is 1. The molecule has 0 saturated heterocycles. The Morgan fingerprint density at radius 1 is 1.20 bits per heavy atom. The molecule has 0 unspecified atom stereocenters. The lowest BCUT2D eigenvalue weighted by atomic mass is 10.2. The Bertz CT molecular complexity index is 536. The number of rotatable bonds is 1. The number of hydrogen-bond acceptors (Lipinski definition) is 4. The molecule has 2 aromatic rings. The first kappa shape index (κ1) is 8.23. The molecule has 1 aliphatic heterocycles. The van der Waals surface area contributed by atoms with Crippen molar-refractivity contribution in [2.75, 3.05) is 6.73 Å². The van der Waals surface area contributed by atoms with E-state index < -0.39 is 0 Å². The Balaban J connectivity index is 2.13. The van der Waals surface area contributed by atoms with E-state index in [0.29, 0.717) is 6.73 Å². The molecule has 0 saturated carbocycles. The number of nitrogens with one attached hydrogen (secondary N) is 1. The lowest BCUT2D eigenvalue weighted by Gasteiger charge is -2.02. The first-order valence-electron chi connectivity index (χ1n) is 4.72. The summed E-state index contributed by atoms with van der Waals surface area (Å²) < 4.78 is 5.35. The van der Waals surface area contributed by atoms with Crippen LogP contribution in [0.4, 0.5) is 0 Å². The van der Waals surface area contributed by atoms with Gasteiger partial charge in [-0.15, -0.1) is 0 Å². The van der Waals surface area contributed by atoms with Crippen LogP contribution in [0.25, 0.3) is 16.8 Å². The Labute approximate surface area is 86.6 Å². The molecule has 0 atom stereocenters. The maximum Gasteiger partial charge on any atom is 0.163 e. The zero-order valence-electron chi connectivity index (χ0n) is 7.97. The van der Waals surface area contributed by atoms with Crippen molar-refractivity contribution in [2.24, 2.45) is 0 Å². The molecule has 0 radical (unpaired) electrons. The highest BCUT2D eigenvalue weighted by atomic mass is 16.5. The molecule has 74 valence electrons. The van der Waals surface area contributed by atoms with E-state index in [0.717, 1.165) is 22.5 Å². The molecule has 0 aliphatic carbocycles. The van der Waals surface area contributed by atoms with Gasteiger partial charge in [-0.1, -0.05) is 0 Å². The molecule has 2 aromatic heterocycles. The number of nitrogens with zero attached hydrogens (tertiary/aromatic N) is 2. The third kappa shape index (κ3) is 1.40. The monoisotopic (exact) mass is 199 g/mol. The molecule has 4 nitrogen and oxygen atoms in total. The normalized spacial score (nSPS) is 14.5. The van der Waals surface area contributed by atoms with Gasteiger partial charge in [0.15, 0.2) is 12.5 Å². The van der Waals surface area contributed by atoms with Crippen molar-refractivity contribution in [3.05, 3.63) is 42.4 Å². The summed E-state index contributed by atoms with van der Waals surface area (Å²) >= 11 is 0. The second-order valence-electron chi connectivity index (χ2n) is 3.24. The maximum atomic E-state index is 5.35. The average Bonchev–Trinajstić information content (AvgIpc) is 2.82. The topological polar surface area (TPSA) is 47.0 Å². The predicted molar refractivity (Wildman–Crippen MR) is 56.6 cm³/mol. The molecule has 0 fully saturated rings. The fraction of sp³-hybridized carbons (Fsp3) is 0.0909. The van der Waals surface area contributed by atoms with E-state index in [1.54, 1.807) is 6.20 Å². The molecule has 4 heteroatoms. The number of aromatic nitrogens is 2. The first-order chi connectivity index (χ1) is 7.43. The summed E-state index contributed by atoms with van der Waals surface area (Å²) in [7, 11) is 0. The molecule has 3 heterocycles. The fourth-order valence-corrected chi connectivity index (χ4v) is 1.54. The van der Waals surface area contributed by atoms with Crippen LogP contribution in [0, 0.1) is 0 Å². The Morgan fingerprint density at radius 2 is 2.20 bits per heavy atom. The van der Waals surface area contributed by atoms with Gasteiger partial charge in [0, 0.05) is 12.4 Å². The van der Waals surface area contributed by atoms with Crippen molar-refractivity contribution in [1.82, 2.24) is 15.3 Å². The van der Waals surface area contributed by atoms with Crippen molar-refractivity contribution in [2.45, 2.75) is 0 Å². The van der Waals surface area contributed by atoms with Gasteiger partial charge < -0.3 is 10.1 Å². The van der Waals surface area contributed by atoms with Crippen LogP contribution in [-0.4, -0.2) is 16.7 Å². The lowest BCUT2D eigenvalue weighted by molar-refractivity contribution is 0.290. The van der Waals surface area contributed by atoms with Crippen LogP contribution < -0.4 is 5.32 Å². The van der Waals surface area contributed by atoms with E-state index >= 15 is 0 Å². The minimum absolute atomic E-state index is 0.516. The summed E-state index contributed by atoms with van der Waals surface area (Å²) in [4.78, 5) is 8.67. The molecule has 15 heavy (non-hydrogen) atoms. The highest BCUT2D eigenvalue weighted by Gasteiger charge is 2.09. The Kier molecular flexibility index (Phi) is 1.78. The Hall–Kier alpha value is -2.10. The molecule has 0 bridgehead atoms. The smallest absolute Gasteiger partial charge is 0.163 e. The minimum Gasteiger partial charge on any atom is -0.470 e. The van der Waals surface area contributed by atoms with E-state index in [4.69, 9.17) is 4.74 Å². The van der Waals surface area contributed by atoms with Gasteiger partial charge in [-0.05, 0) is 24.3 Å². The highest BCUT2D eigenvalue weighted by Crippen LogP contribution is 2.18. The zero-order chi connectivity index (χ0) is 10.1. The van der Waals surface area contributed by atoms with Gasteiger partial charge in [0.05, 0.1) is 11.0 Å². The van der Waals surface area contributed by atoms with Crippen LogP contribution in [0.15, 0.2) is 36.7 Å². The predicted octanol–water partition coefficient (Wildman–Crippen LogP) is 1.51. The van der Waals surface area contributed by atoms with Gasteiger partial charge in [-0.25, -0.2) is 4.98 Å². The summed E-state index contributed by atoms with van der Waals surface area (Å²) in [6, 6.07) is 7.67. The van der Waals surface area contributed by atoms with Crippen LogP contribution in [0.2, 0.25) is 0 Å². The van der Waals surface area contributed by atoms with Gasteiger partial charge in [0.2, 0.25) is 0 Å². The van der Waals surface area contributed by atoms with Crippen molar-refractivity contribution in [3.8, 4) is 0 Å². The van der Waals surface area contributed by atoms with Crippen molar-refractivity contribution < 1.29 is 4.74 Å². The third-order valence-corrected chi connectivity index (χ3v) is 2.25. The van der Waals surface area contributed by atoms with Crippen LogP contribution >= 0.6 is 0 Å². The standard InChI is InChI=1S/C11H9N3O/c1-2-9-8(13-5-1)3-4-10(14-9)11-6-12-7-15-11/h1-6,12H,7H2. The van der Waals surface area contributed by atoms with Gasteiger partial charge in [0.1, 0.15) is 5.69 Å². The van der Waals surface area contributed by atoms with Gasteiger partial charge in [-0.2, -0.15) is 0 Å². The van der Waals surface area contributed by atoms with Crippen LogP contribution in [0.1, 0.15) is 5.69 Å². The molecule has 0 aromatic carbocycles. The summed E-state index contributed by atoms with van der Waals surface area (Å²) in [6.07, 6.45) is 3.58. The first-order valence-corrected chi connectivity index (χ1v) is 4.72. The molecular weight excluding hydrogens is 190 g/mol. The highest BCUT2D eigenvalue weighted by molar-refractivity contribution is 5.76. The summed E-state index contributed by atoms with van der Waals surface area (Å²) in [6.45, 7) is 0.516. The third-order valence-electron chi connectivity index (χ3n) is 2.25. The van der Waals surface area contributed by atoms with Crippen molar-refractivity contribution in [1.29, 1.82) is 0 Å². The fourth-order valence-electron chi connectivity index (χ4n) is 1.54. The number of hydrogen-bond donors (Lipinski definition) is 1. The average molecular weight is 199 g/mol. The number of pyridine rings is 2. The SMILES string of the molecule is C1=C(c2ccc3ncccc3n2)OCN1. The zero-order valence-corrected chi connectivity index (χ0v) is 7.97. The molecular formula is C11H9N3O. The second-order valence-corrected chi connectivity index (χ2v) is 3.24. The molecule has 0 spiro atoms. The quantitative estimate of drug-likeness (QED) is 0.756. The van der Waals surface area contributed by atoms with Crippen molar-refractivity contribution in [3.63, 3.8) is 0 Å². The van der Waals surface area contributed by atoms with E-state index in [1.807, 2.05) is 30.5 Å². The molecule has 1 N–H and O–H groups in total. The summed E-state index contributed by atoms with van der Waals surface area (Å²) in [5.74, 6) is 0.778. The largest absolute Gasteiger partial charge is 0.470 e. The molecule has 1 aliphatic rings. The second kappa shape index (κ2) is 3.24. The van der Waals surface area contributed by atoms with Gasteiger partial charge in [-0.3, -0.25) is 4.98 Å².